The molecule has 1 amide bonds. The van der Waals surface area contributed by atoms with Crippen molar-refractivity contribution in [3.63, 3.8) is 0 Å². The van der Waals surface area contributed by atoms with Crippen LogP contribution in [0.2, 0.25) is 0 Å². The Bertz CT molecular complexity index is 929. The van der Waals surface area contributed by atoms with Crippen LogP contribution in [0.25, 0.3) is 16.3 Å². The Morgan fingerprint density at radius 1 is 1.07 bits per heavy atom. The van der Waals surface area contributed by atoms with Gasteiger partial charge in [-0.2, -0.15) is 5.10 Å². The van der Waals surface area contributed by atoms with Crippen molar-refractivity contribution in [1.82, 2.24) is 14.7 Å². The quantitative estimate of drug-likeness (QED) is 0.636. The summed E-state index contributed by atoms with van der Waals surface area (Å²) in [5.41, 5.74) is 1.77. The van der Waals surface area contributed by atoms with E-state index in [0.717, 1.165) is 36.5 Å². The summed E-state index contributed by atoms with van der Waals surface area (Å²) >= 11 is 1.55. The van der Waals surface area contributed by atoms with Crippen LogP contribution in [0.4, 0.5) is 0 Å². The van der Waals surface area contributed by atoms with Crippen LogP contribution in [0, 0.1) is 0 Å². The number of thiophene rings is 1. The second-order valence-corrected chi connectivity index (χ2v) is 7.25. The molecule has 3 aromatic rings. The second kappa shape index (κ2) is 7.75. The minimum absolute atomic E-state index is 0.148. The zero-order chi connectivity index (χ0) is 18.6. The first-order valence-electron chi connectivity index (χ1n) is 8.86. The van der Waals surface area contributed by atoms with E-state index in [2.05, 4.69) is 5.10 Å². The van der Waals surface area contributed by atoms with Crippen molar-refractivity contribution in [2.75, 3.05) is 19.7 Å². The normalized spacial score (nSPS) is 13.7. The number of ether oxygens (including phenoxy) is 1. The van der Waals surface area contributed by atoms with Crippen LogP contribution >= 0.6 is 11.3 Å². The standard InChI is InChI=1S/C20H19N3O3S/c24-19(22-10-4-5-11-22)14-26-20(25)17-13-16(18-9-6-12-27-18)21-23(17)15-7-2-1-3-8-15/h1-3,6-9,12-13H,4-5,10-11,14H2. The smallest absolute Gasteiger partial charge is 0.357 e. The number of rotatable bonds is 5. The highest BCUT2D eigenvalue weighted by Crippen LogP contribution is 2.26. The molecule has 1 aliphatic rings. The Labute approximate surface area is 161 Å². The lowest BCUT2D eigenvalue weighted by atomic mass is 10.3. The van der Waals surface area contributed by atoms with Gasteiger partial charge in [0.05, 0.1) is 10.6 Å². The van der Waals surface area contributed by atoms with Crippen molar-refractivity contribution < 1.29 is 14.3 Å². The van der Waals surface area contributed by atoms with Crippen molar-refractivity contribution >= 4 is 23.2 Å². The Hall–Kier alpha value is -2.93. The lowest BCUT2D eigenvalue weighted by Gasteiger charge is -2.15. The van der Waals surface area contributed by atoms with Crippen LogP contribution in [-0.4, -0.2) is 46.3 Å². The summed E-state index contributed by atoms with van der Waals surface area (Å²) in [5.74, 6) is -0.702. The van der Waals surface area contributed by atoms with Crippen molar-refractivity contribution in [3.8, 4) is 16.3 Å². The largest absolute Gasteiger partial charge is 0.451 e. The summed E-state index contributed by atoms with van der Waals surface area (Å²) in [6, 6.07) is 15.0. The third-order valence-electron chi connectivity index (χ3n) is 4.48. The maximum absolute atomic E-state index is 12.7. The maximum atomic E-state index is 12.7. The van der Waals surface area contributed by atoms with E-state index in [-0.39, 0.29) is 12.5 Å². The van der Waals surface area contributed by atoms with Crippen molar-refractivity contribution in [2.24, 2.45) is 0 Å². The number of nitrogens with zero attached hydrogens (tertiary/aromatic N) is 3. The third kappa shape index (κ3) is 3.78. The number of likely N-dealkylation sites (tertiary alicyclic amines) is 1. The second-order valence-electron chi connectivity index (χ2n) is 6.30. The highest BCUT2D eigenvalue weighted by Gasteiger charge is 2.23. The van der Waals surface area contributed by atoms with Gasteiger partial charge in [0.25, 0.3) is 5.91 Å². The van der Waals surface area contributed by atoms with E-state index < -0.39 is 5.97 Å². The summed E-state index contributed by atoms with van der Waals surface area (Å²) in [6.45, 7) is 1.23. The predicted molar refractivity (Wildman–Crippen MR) is 103 cm³/mol. The van der Waals surface area contributed by atoms with E-state index in [9.17, 15) is 9.59 Å². The zero-order valence-corrected chi connectivity index (χ0v) is 15.5. The van der Waals surface area contributed by atoms with Crippen molar-refractivity contribution in [2.45, 2.75) is 12.8 Å². The lowest BCUT2D eigenvalue weighted by Crippen LogP contribution is -2.32. The molecule has 0 atom stereocenters. The molecule has 138 valence electrons. The SMILES string of the molecule is O=C(OCC(=O)N1CCCC1)c1cc(-c2cccs2)nn1-c1ccccc1. The van der Waals surface area contributed by atoms with Crippen molar-refractivity contribution in [3.05, 3.63) is 59.6 Å². The van der Waals surface area contributed by atoms with E-state index in [1.165, 1.54) is 0 Å². The van der Waals surface area contributed by atoms with Gasteiger partial charge in [0, 0.05) is 19.2 Å². The number of carbonyl (C=O) groups excluding carboxylic acids is 2. The van der Waals surface area contributed by atoms with Gasteiger partial charge in [-0.1, -0.05) is 24.3 Å². The minimum atomic E-state index is -0.554. The zero-order valence-electron chi connectivity index (χ0n) is 14.7. The van der Waals surface area contributed by atoms with E-state index >= 15 is 0 Å². The van der Waals surface area contributed by atoms with Gasteiger partial charge in [0.2, 0.25) is 0 Å². The summed E-state index contributed by atoms with van der Waals surface area (Å²) in [5, 5.41) is 6.54. The van der Waals surface area contributed by atoms with E-state index in [1.807, 2.05) is 47.8 Å². The first-order chi connectivity index (χ1) is 13.2. The van der Waals surface area contributed by atoms with E-state index in [0.29, 0.717) is 11.4 Å². The average Bonchev–Trinajstić information content (AvgIpc) is 3.47. The molecule has 7 heteroatoms. The molecule has 4 rings (SSSR count). The number of esters is 1. The third-order valence-corrected chi connectivity index (χ3v) is 5.37. The number of amides is 1. The molecular weight excluding hydrogens is 362 g/mol. The first kappa shape index (κ1) is 17.5. The number of carbonyl (C=O) groups is 2. The Morgan fingerprint density at radius 3 is 2.56 bits per heavy atom. The Kier molecular flexibility index (Phi) is 5.02. The van der Waals surface area contributed by atoms with Crippen LogP contribution in [-0.2, 0) is 9.53 Å². The number of hydrogen-bond donors (Lipinski definition) is 0. The molecule has 1 fully saturated rings. The fourth-order valence-electron chi connectivity index (χ4n) is 3.10. The summed E-state index contributed by atoms with van der Waals surface area (Å²) in [7, 11) is 0. The van der Waals surface area contributed by atoms with Gasteiger partial charge in [0.1, 0.15) is 5.69 Å². The van der Waals surface area contributed by atoms with Crippen LogP contribution in [0.15, 0.2) is 53.9 Å². The molecule has 3 heterocycles. The van der Waals surface area contributed by atoms with Crippen LogP contribution in [0.1, 0.15) is 23.3 Å². The molecule has 0 aliphatic carbocycles. The molecule has 0 saturated carbocycles. The highest BCUT2D eigenvalue weighted by molar-refractivity contribution is 7.13. The summed E-state index contributed by atoms with van der Waals surface area (Å²) in [4.78, 5) is 27.5. The number of aromatic nitrogens is 2. The highest BCUT2D eigenvalue weighted by atomic mass is 32.1. The summed E-state index contributed by atoms with van der Waals surface area (Å²) < 4.78 is 6.87. The first-order valence-corrected chi connectivity index (χ1v) is 9.74. The van der Waals surface area contributed by atoms with Crippen LogP contribution in [0.5, 0.6) is 0 Å². The predicted octanol–water partition coefficient (Wildman–Crippen LogP) is 3.38. The fraction of sp³-hybridized carbons (Fsp3) is 0.250. The summed E-state index contributed by atoms with van der Waals surface area (Å²) in [6.07, 6.45) is 2.01. The van der Waals surface area contributed by atoms with Crippen LogP contribution in [0.3, 0.4) is 0 Å². The molecule has 1 saturated heterocycles. The van der Waals surface area contributed by atoms with Gasteiger partial charge >= 0.3 is 5.97 Å². The topological polar surface area (TPSA) is 64.4 Å². The molecular formula is C20H19N3O3S. The fourth-order valence-corrected chi connectivity index (χ4v) is 3.78. The molecule has 2 aromatic heterocycles. The number of benzene rings is 1. The molecule has 1 aliphatic heterocycles. The van der Waals surface area contributed by atoms with Gasteiger partial charge in [-0.3, -0.25) is 4.79 Å². The Morgan fingerprint density at radius 2 is 1.85 bits per heavy atom. The molecule has 0 spiro atoms. The monoisotopic (exact) mass is 381 g/mol. The molecule has 27 heavy (non-hydrogen) atoms. The maximum Gasteiger partial charge on any atom is 0.357 e. The average molecular weight is 381 g/mol. The minimum Gasteiger partial charge on any atom is -0.451 e. The van der Waals surface area contributed by atoms with E-state index in [4.69, 9.17) is 4.74 Å². The van der Waals surface area contributed by atoms with Crippen molar-refractivity contribution in [1.29, 1.82) is 0 Å². The van der Waals surface area contributed by atoms with Gasteiger partial charge in [-0.05, 0) is 36.4 Å². The van der Waals surface area contributed by atoms with Gasteiger partial charge in [0.15, 0.2) is 12.3 Å². The molecule has 1 aromatic carbocycles. The van der Waals surface area contributed by atoms with E-state index in [1.54, 1.807) is 27.0 Å². The molecule has 6 nitrogen and oxygen atoms in total. The number of hydrogen-bond acceptors (Lipinski definition) is 5. The molecule has 0 bridgehead atoms. The number of para-hydroxylation sites is 1. The molecule has 0 unspecified atom stereocenters. The Balaban J connectivity index is 1.58. The lowest BCUT2D eigenvalue weighted by molar-refractivity contribution is -0.133. The van der Waals surface area contributed by atoms with Crippen LogP contribution < -0.4 is 0 Å². The van der Waals surface area contributed by atoms with Gasteiger partial charge in [-0.15, -0.1) is 11.3 Å². The van der Waals surface area contributed by atoms with Gasteiger partial charge in [-0.25, -0.2) is 9.48 Å². The van der Waals surface area contributed by atoms with Gasteiger partial charge < -0.3 is 9.64 Å². The molecule has 0 radical (unpaired) electrons. The molecule has 0 N–H and O–H groups in total.